The molecule has 0 aromatic carbocycles. The van der Waals surface area contributed by atoms with Crippen LogP contribution in [0.15, 0.2) is 130 Å². The summed E-state index contributed by atoms with van der Waals surface area (Å²) >= 11 is 0. The summed E-state index contributed by atoms with van der Waals surface area (Å²) in [4.78, 5) is 0. The molecule has 0 radical (unpaired) electrons. The molecule has 4 rings (SSSR count). The van der Waals surface area contributed by atoms with E-state index in [1.54, 1.807) is 34.6 Å². The van der Waals surface area contributed by atoms with Gasteiger partial charge in [0.25, 0.3) is 0 Å². The van der Waals surface area contributed by atoms with Crippen LogP contribution in [0.4, 0.5) is 0 Å². The molecule has 0 bridgehead atoms. The summed E-state index contributed by atoms with van der Waals surface area (Å²) in [6.07, 6.45) is 13.5. The van der Waals surface area contributed by atoms with E-state index in [4.69, 9.17) is 28.4 Å². The molecule has 17 atom stereocenters. The number of hydrogen-bond acceptors (Lipinski definition) is 15. The Labute approximate surface area is 434 Å². The van der Waals surface area contributed by atoms with Crippen molar-refractivity contribution in [1.82, 2.24) is 0 Å². The molecule has 73 heavy (non-hydrogen) atoms. The lowest BCUT2D eigenvalue weighted by atomic mass is 9.71. The summed E-state index contributed by atoms with van der Waals surface area (Å²) in [5.41, 5.74) is 6.37. The van der Waals surface area contributed by atoms with E-state index < -0.39 is 104 Å². The predicted octanol–water partition coefficient (Wildman–Crippen LogP) is 6.46. The average molecular weight is 1030 g/mol. The molecule has 3 aliphatic heterocycles. The van der Waals surface area contributed by atoms with Crippen molar-refractivity contribution in [2.75, 3.05) is 0 Å². The molecule has 410 valence electrons. The van der Waals surface area contributed by atoms with Crippen LogP contribution in [0.1, 0.15) is 116 Å². The minimum atomic E-state index is -1.54. The molecule has 0 unspecified atom stereocenters. The first-order valence-electron chi connectivity index (χ1n) is 25.6. The second-order valence-corrected chi connectivity index (χ2v) is 21.6. The zero-order valence-corrected chi connectivity index (χ0v) is 45.3. The fourth-order valence-electron chi connectivity index (χ4n) is 9.27. The summed E-state index contributed by atoms with van der Waals surface area (Å²) in [7, 11) is 0. The smallest absolute Gasteiger partial charge is 0.187 e. The minimum absolute atomic E-state index is 0.190. The Morgan fingerprint density at radius 1 is 0.575 bits per heavy atom. The first-order valence-corrected chi connectivity index (χ1v) is 25.6. The molecule has 15 nitrogen and oxygen atoms in total. The Balaban J connectivity index is 1.28. The Morgan fingerprint density at radius 2 is 0.986 bits per heavy atom. The van der Waals surface area contributed by atoms with Gasteiger partial charge in [-0.1, -0.05) is 138 Å². The summed E-state index contributed by atoms with van der Waals surface area (Å²) in [5.74, 6) is 0. The van der Waals surface area contributed by atoms with Crippen LogP contribution >= 0.6 is 0 Å². The van der Waals surface area contributed by atoms with E-state index in [0.29, 0.717) is 25.7 Å². The molecule has 0 spiro atoms. The normalized spacial score (nSPS) is 36.5. The van der Waals surface area contributed by atoms with Gasteiger partial charge in [-0.3, -0.25) is 0 Å². The summed E-state index contributed by atoms with van der Waals surface area (Å²) in [5, 5.41) is 93.4. The van der Waals surface area contributed by atoms with E-state index in [2.05, 4.69) is 65.0 Å². The highest BCUT2D eigenvalue weighted by Crippen LogP contribution is 2.43. The highest BCUT2D eigenvalue weighted by atomic mass is 16.7. The minimum Gasteiger partial charge on any atom is -0.388 e. The number of ether oxygens (including phenoxy) is 6. The van der Waals surface area contributed by atoms with Crippen molar-refractivity contribution >= 4 is 0 Å². The Kier molecular flexibility index (Phi) is 23.9. The van der Waals surface area contributed by atoms with Crippen LogP contribution < -0.4 is 0 Å². The maximum absolute atomic E-state index is 10.8. The van der Waals surface area contributed by atoms with Gasteiger partial charge < -0.3 is 74.4 Å². The average Bonchev–Trinajstić information content (AvgIpc) is 3.31. The van der Waals surface area contributed by atoms with Crippen molar-refractivity contribution < 1.29 is 74.4 Å². The predicted molar refractivity (Wildman–Crippen MR) is 281 cm³/mol. The molecule has 3 heterocycles. The first kappa shape index (κ1) is 62.1. The lowest BCUT2D eigenvalue weighted by Gasteiger charge is -2.46. The van der Waals surface area contributed by atoms with Crippen molar-refractivity contribution in [1.29, 1.82) is 0 Å². The van der Waals surface area contributed by atoms with Gasteiger partial charge >= 0.3 is 0 Å². The Hall–Kier alpha value is -3.46. The van der Waals surface area contributed by atoms with E-state index in [1.165, 1.54) is 11.1 Å². The molecule has 3 saturated heterocycles. The third-order valence-electron chi connectivity index (χ3n) is 14.0. The molecule has 0 saturated carbocycles. The van der Waals surface area contributed by atoms with Crippen LogP contribution in [0, 0.1) is 5.41 Å². The molecule has 0 aromatic heterocycles. The fourth-order valence-corrected chi connectivity index (χ4v) is 9.27. The molecule has 0 aromatic rings. The van der Waals surface area contributed by atoms with Crippen molar-refractivity contribution in [3.63, 3.8) is 0 Å². The van der Waals surface area contributed by atoms with E-state index in [0.717, 1.165) is 27.9 Å². The van der Waals surface area contributed by atoms with Crippen LogP contribution in [0.2, 0.25) is 0 Å². The molecular formula is C58H88O15. The van der Waals surface area contributed by atoms with Gasteiger partial charge in [-0.15, -0.1) is 0 Å². The summed E-state index contributed by atoms with van der Waals surface area (Å²) in [6, 6.07) is 0. The Bertz CT molecular complexity index is 2140. The molecule has 3 fully saturated rings. The fraction of sp³-hybridized carbons (Fsp3) is 0.621. The number of allylic oxidation sites excluding steroid dienone is 21. The molecule has 0 amide bonds. The SMILES string of the molecule is CC1=C(/C=C/C(C)=C/C=C/C(C)=C/C=C/C=C(C)/C=C/C=C(C)/C=C/C=C(\C)CC[C@H](O[C@@H]2O[C@H](C)[C@H](O)[C@H](O)[C@H]2O)C(C)(C)O[C@@H]2O[C@H](C)[C@H](O)[C@H](O)[C@H]2O)C(C)(C)C[C@H](O[C@@H]2O[C@H](C)[C@H](O)[C@H](O)[C@H]2O)C1. The number of aliphatic hydroxyl groups is 9. The van der Waals surface area contributed by atoms with Crippen LogP contribution in [0.5, 0.6) is 0 Å². The van der Waals surface area contributed by atoms with Crippen molar-refractivity contribution in [2.45, 2.75) is 226 Å². The maximum atomic E-state index is 10.8. The van der Waals surface area contributed by atoms with E-state index in [9.17, 15) is 46.0 Å². The zero-order valence-electron chi connectivity index (χ0n) is 45.3. The van der Waals surface area contributed by atoms with Crippen molar-refractivity contribution in [3.8, 4) is 0 Å². The lowest BCUT2D eigenvalue weighted by Crippen LogP contribution is -2.61. The largest absolute Gasteiger partial charge is 0.388 e. The highest BCUT2D eigenvalue weighted by molar-refractivity contribution is 5.38. The summed E-state index contributed by atoms with van der Waals surface area (Å²) < 4.78 is 35.8. The molecule has 9 N–H and O–H groups in total. The van der Waals surface area contributed by atoms with E-state index >= 15 is 0 Å². The second-order valence-electron chi connectivity index (χ2n) is 21.6. The summed E-state index contributed by atoms with van der Waals surface area (Å²) in [6.45, 7) is 24.8. The van der Waals surface area contributed by atoms with Gasteiger partial charge in [0, 0.05) is 0 Å². The number of hydrogen-bond donors (Lipinski definition) is 9. The van der Waals surface area contributed by atoms with E-state index in [-0.39, 0.29) is 11.5 Å². The molecular weight excluding hydrogens is 937 g/mol. The quantitative estimate of drug-likeness (QED) is 0.0595. The monoisotopic (exact) mass is 1020 g/mol. The van der Waals surface area contributed by atoms with Crippen molar-refractivity contribution in [3.05, 3.63) is 130 Å². The topological polar surface area (TPSA) is 237 Å². The Morgan fingerprint density at radius 3 is 1.48 bits per heavy atom. The lowest BCUT2D eigenvalue weighted by molar-refractivity contribution is -0.350. The highest BCUT2D eigenvalue weighted by Gasteiger charge is 2.49. The van der Waals surface area contributed by atoms with Gasteiger partial charge in [-0.25, -0.2) is 0 Å². The van der Waals surface area contributed by atoms with Crippen LogP contribution in [0.3, 0.4) is 0 Å². The third kappa shape index (κ3) is 18.1. The molecule has 15 heteroatoms. The van der Waals surface area contributed by atoms with Crippen LogP contribution in [-0.4, -0.2) is 156 Å². The van der Waals surface area contributed by atoms with Crippen molar-refractivity contribution in [2.24, 2.45) is 5.41 Å². The van der Waals surface area contributed by atoms with Gasteiger partial charge in [0.05, 0.1) is 36.1 Å². The van der Waals surface area contributed by atoms with E-state index in [1.807, 2.05) is 81.5 Å². The van der Waals surface area contributed by atoms with Gasteiger partial charge in [0.1, 0.15) is 54.9 Å². The van der Waals surface area contributed by atoms with Gasteiger partial charge in [0.15, 0.2) is 18.9 Å². The second kappa shape index (κ2) is 28.1. The molecule has 4 aliphatic rings. The first-order chi connectivity index (χ1) is 34.1. The van der Waals surface area contributed by atoms with Gasteiger partial charge in [-0.05, 0) is 113 Å². The van der Waals surface area contributed by atoms with Crippen LogP contribution in [0.25, 0.3) is 0 Å². The number of aliphatic hydroxyl groups excluding tert-OH is 9. The van der Waals surface area contributed by atoms with Gasteiger partial charge in [0.2, 0.25) is 0 Å². The standard InChI is InChI=1S/C58H88O15/c1-33(19-14-15-20-34(2)22-17-25-36(4)27-29-43-38(6)31-42(32-57(43,10)11)71-54-51(65)48(62)45(59)39(7)68-54)21-16-23-35(3)24-18-26-37(5)28-30-44(72-55-52(66)49(63)46(60)40(8)69-55)58(12,13)73-56-53(67)50(64)47(61)41(9)70-56/h14-27,29,39-42,44-56,59-67H,28,30-32H2,1-13H3/b15-14+,21-16+,22-17+,24-18+,29-27+,33-19+,34-20+,35-23+,36-25+,37-26+/t39-,40-,41-,42-,44+,45+,46+,47+,48+,49+,50+,51-,52-,53-,54+,55+,56+/m1/s1. The number of rotatable bonds is 20. The van der Waals surface area contributed by atoms with Gasteiger partial charge in [-0.2, -0.15) is 0 Å². The molecule has 1 aliphatic carbocycles. The zero-order chi connectivity index (χ0) is 54.5. The third-order valence-corrected chi connectivity index (χ3v) is 14.0. The maximum Gasteiger partial charge on any atom is 0.187 e. The van der Waals surface area contributed by atoms with Crippen LogP contribution in [-0.2, 0) is 28.4 Å².